The van der Waals surface area contributed by atoms with Gasteiger partial charge in [0.2, 0.25) is 0 Å². The summed E-state index contributed by atoms with van der Waals surface area (Å²) in [7, 11) is 3.29. The second-order valence-corrected chi connectivity index (χ2v) is 4.62. The highest BCUT2D eigenvalue weighted by molar-refractivity contribution is 6.30. The largest absolute Gasteiger partial charge is 0.493 e. The number of aldehydes is 1. The van der Waals surface area contributed by atoms with Gasteiger partial charge in [0, 0.05) is 12.6 Å². The Balaban J connectivity index is 2.29. The fourth-order valence-corrected chi connectivity index (χ4v) is 2.15. The zero-order chi connectivity index (χ0) is 14.7. The molecule has 0 unspecified atom stereocenters. The molecule has 6 heteroatoms. The first-order valence-electron chi connectivity index (χ1n) is 6.01. The van der Waals surface area contributed by atoms with Crippen molar-refractivity contribution in [2.24, 2.45) is 7.05 Å². The number of benzene rings is 1. The highest BCUT2D eigenvalue weighted by Gasteiger charge is 2.15. The molecule has 0 spiro atoms. The summed E-state index contributed by atoms with van der Waals surface area (Å²) < 4.78 is 12.5. The van der Waals surface area contributed by atoms with E-state index in [0.717, 1.165) is 17.5 Å². The average Bonchev–Trinajstić information content (AvgIpc) is 2.69. The molecule has 0 fully saturated rings. The van der Waals surface area contributed by atoms with Crippen molar-refractivity contribution >= 4 is 17.9 Å². The molecule has 0 radical (unpaired) electrons. The standard InChI is InChI=1S/C14H15ClN2O3/c1-9-11(14(15)17(2)16-9)8-20-13-10(7-18)5-4-6-12(13)19-3/h4-7H,8H2,1-3H3. The third kappa shape index (κ3) is 2.63. The van der Waals surface area contributed by atoms with Gasteiger partial charge >= 0.3 is 0 Å². The third-order valence-electron chi connectivity index (χ3n) is 2.99. The zero-order valence-corrected chi connectivity index (χ0v) is 12.3. The van der Waals surface area contributed by atoms with E-state index in [4.69, 9.17) is 21.1 Å². The summed E-state index contributed by atoms with van der Waals surface area (Å²) in [6, 6.07) is 5.14. The Labute approximate surface area is 122 Å². The van der Waals surface area contributed by atoms with Crippen LogP contribution in [0.1, 0.15) is 21.6 Å². The lowest BCUT2D eigenvalue weighted by Crippen LogP contribution is -2.01. The molecular weight excluding hydrogens is 280 g/mol. The van der Waals surface area contributed by atoms with Crippen LogP contribution in [0.15, 0.2) is 18.2 Å². The van der Waals surface area contributed by atoms with E-state index in [9.17, 15) is 4.79 Å². The van der Waals surface area contributed by atoms with Gasteiger partial charge in [-0.15, -0.1) is 0 Å². The van der Waals surface area contributed by atoms with Crippen LogP contribution in [0.2, 0.25) is 5.15 Å². The minimum atomic E-state index is 0.222. The van der Waals surface area contributed by atoms with Crippen molar-refractivity contribution in [2.75, 3.05) is 7.11 Å². The van der Waals surface area contributed by atoms with Crippen molar-refractivity contribution in [3.8, 4) is 11.5 Å². The number of nitrogens with zero attached hydrogens (tertiary/aromatic N) is 2. The fourth-order valence-electron chi connectivity index (χ4n) is 1.92. The van der Waals surface area contributed by atoms with Gasteiger partial charge in [0.15, 0.2) is 17.8 Å². The molecule has 2 rings (SSSR count). The van der Waals surface area contributed by atoms with Crippen LogP contribution < -0.4 is 9.47 Å². The molecule has 0 atom stereocenters. The van der Waals surface area contributed by atoms with Gasteiger partial charge < -0.3 is 9.47 Å². The van der Waals surface area contributed by atoms with Crippen molar-refractivity contribution in [2.45, 2.75) is 13.5 Å². The molecule has 0 saturated carbocycles. The van der Waals surface area contributed by atoms with Crippen molar-refractivity contribution in [1.82, 2.24) is 9.78 Å². The lowest BCUT2D eigenvalue weighted by molar-refractivity contribution is 0.111. The van der Waals surface area contributed by atoms with Crippen LogP contribution in [-0.2, 0) is 13.7 Å². The number of hydrogen-bond acceptors (Lipinski definition) is 4. The Morgan fingerprint density at radius 1 is 1.45 bits per heavy atom. The van der Waals surface area contributed by atoms with E-state index in [1.807, 2.05) is 6.92 Å². The summed E-state index contributed by atoms with van der Waals surface area (Å²) in [6.45, 7) is 2.08. The minimum Gasteiger partial charge on any atom is -0.493 e. The minimum absolute atomic E-state index is 0.222. The normalized spacial score (nSPS) is 10.4. The van der Waals surface area contributed by atoms with Crippen molar-refractivity contribution in [3.63, 3.8) is 0 Å². The van der Waals surface area contributed by atoms with Crippen LogP contribution in [0, 0.1) is 6.92 Å². The molecule has 1 heterocycles. The Morgan fingerprint density at radius 3 is 2.75 bits per heavy atom. The highest BCUT2D eigenvalue weighted by Crippen LogP contribution is 2.31. The summed E-state index contributed by atoms with van der Waals surface area (Å²) in [4.78, 5) is 11.1. The zero-order valence-electron chi connectivity index (χ0n) is 11.5. The molecule has 0 aliphatic rings. The summed E-state index contributed by atoms with van der Waals surface area (Å²) >= 11 is 6.15. The number of methoxy groups -OCH3 is 1. The summed E-state index contributed by atoms with van der Waals surface area (Å²) in [6.07, 6.45) is 0.732. The van der Waals surface area contributed by atoms with Crippen LogP contribution in [0.5, 0.6) is 11.5 Å². The SMILES string of the molecule is COc1cccc(C=O)c1OCc1c(C)nn(C)c1Cl. The van der Waals surface area contributed by atoms with E-state index in [2.05, 4.69) is 5.10 Å². The number of aromatic nitrogens is 2. The third-order valence-corrected chi connectivity index (χ3v) is 3.46. The first kappa shape index (κ1) is 14.4. The molecule has 5 nitrogen and oxygen atoms in total. The van der Waals surface area contributed by atoms with Gasteiger partial charge in [-0.25, -0.2) is 0 Å². The number of rotatable bonds is 5. The van der Waals surface area contributed by atoms with Crippen LogP contribution in [-0.4, -0.2) is 23.2 Å². The highest BCUT2D eigenvalue weighted by atomic mass is 35.5. The number of para-hydroxylation sites is 1. The van der Waals surface area contributed by atoms with E-state index in [1.54, 1.807) is 29.9 Å². The van der Waals surface area contributed by atoms with Gasteiger partial charge in [-0.05, 0) is 19.1 Å². The summed E-state index contributed by atoms with van der Waals surface area (Å²) in [5.74, 6) is 0.914. The maximum atomic E-state index is 11.1. The van der Waals surface area contributed by atoms with Gasteiger partial charge in [0.25, 0.3) is 0 Å². The first-order valence-corrected chi connectivity index (χ1v) is 6.39. The first-order chi connectivity index (χ1) is 9.58. The number of ether oxygens (including phenoxy) is 2. The van der Waals surface area contributed by atoms with Gasteiger partial charge in [0.05, 0.1) is 18.4 Å². The number of halogens is 1. The monoisotopic (exact) mass is 294 g/mol. The van der Waals surface area contributed by atoms with Gasteiger partial charge in [0.1, 0.15) is 11.8 Å². The maximum Gasteiger partial charge on any atom is 0.172 e. The molecule has 106 valence electrons. The number of aryl methyl sites for hydroxylation is 2. The predicted molar refractivity (Wildman–Crippen MR) is 75.7 cm³/mol. The lowest BCUT2D eigenvalue weighted by Gasteiger charge is -2.12. The van der Waals surface area contributed by atoms with Crippen LogP contribution >= 0.6 is 11.6 Å². The van der Waals surface area contributed by atoms with Crippen LogP contribution in [0.4, 0.5) is 0 Å². The number of carbonyl (C=O) groups is 1. The Kier molecular flexibility index (Phi) is 4.29. The fraction of sp³-hybridized carbons (Fsp3) is 0.286. The van der Waals surface area contributed by atoms with E-state index in [0.29, 0.717) is 22.2 Å². The summed E-state index contributed by atoms with van der Waals surface area (Å²) in [5.41, 5.74) is 2.01. The molecular formula is C14H15ClN2O3. The molecule has 0 N–H and O–H groups in total. The average molecular weight is 295 g/mol. The topological polar surface area (TPSA) is 53.4 Å². The molecule has 0 amide bonds. The second-order valence-electron chi connectivity index (χ2n) is 4.26. The predicted octanol–water partition coefficient (Wildman–Crippen LogP) is 2.78. The van der Waals surface area contributed by atoms with Crippen molar-refractivity contribution in [1.29, 1.82) is 0 Å². The Bertz CT molecular complexity index is 638. The number of carbonyl (C=O) groups excluding carboxylic acids is 1. The Hall–Kier alpha value is -2.01. The van der Waals surface area contributed by atoms with Gasteiger partial charge in [-0.1, -0.05) is 17.7 Å². The molecule has 2 aromatic rings. The molecule has 0 aliphatic heterocycles. The molecule has 0 saturated heterocycles. The van der Waals surface area contributed by atoms with Crippen molar-refractivity contribution < 1.29 is 14.3 Å². The van der Waals surface area contributed by atoms with Gasteiger partial charge in [-0.3, -0.25) is 9.48 Å². The maximum absolute atomic E-state index is 11.1. The molecule has 1 aromatic heterocycles. The van der Waals surface area contributed by atoms with Crippen LogP contribution in [0.25, 0.3) is 0 Å². The summed E-state index contributed by atoms with van der Waals surface area (Å²) in [5, 5.41) is 4.73. The van der Waals surface area contributed by atoms with Crippen molar-refractivity contribution in [3.05, 3.63) is 40.2 Å². The number of hydrogen-bond donors (Lipinski definition) is 0. The molecule has 20 heavy (non-hydrogen) atoms. The molecule has 0 aliphatic carbocycles. The van der Waals surface area contributed by atoms with Gasteiger partial charge in [-0.2, -0.15) is 5.10 Å². The second kappa shape index (κ2) is 5.96. The quantitative estimate of drug-likeness (QED) is 0.796. The Morgan fingerprint density at radius 2 is 2.20 bits per heavy atom. The van der Waals surface area contributed by atoms with E-state index < -0.39 is 0 Å². The van der Waals surface area contributed by atoms with E-state index >= 15 is 0 Å². The van der Waals surface area contributed by atoms with Crippen LogP contribution in [0.3, 0.4) is 0 Å². The van der Waals surface area contributed by atoms with E-state index in [-0.39, 0.29) is 6.61 Å². The lowest BCUT2D eigenvalue weighted by atomic mass is 10.2. The molecule has 0 bridgehead atoms. The smallest absolute Gasteiger partial charge is 0.172 e. The molecule has 1 aromatic carbocycles. The van der Waals surface area contributed by atoms with E-state index in [1.165, 1.54) is 7.11 Å².